The Balaban J connectivity index is 2.75. The molecule has 0 fully saturated rings. The predicted octanol–water partition coefficient (Wildman–Crippen LogP) is 2.60. The van der Waals surface area contributed by atoms with Crippen LogP contribution in [0.3, 0.4) is 0 Å². The topological polar surface area (TPSA) is 51.2 Å². The Bertz CT molecular complexity index is 300. The van der Waals surface area contributed by atoms with E-state index in [-0.39, 0.29) is 13.2 Å². The highest BCUT2D eigenvalue weighted by Crippen LogP contribution is 2.51. The number of hydrogen-bond acceptors (Lipinski definition) is 6. The van der Waals surface area contributed by atoms with Gasteiger partial charge in [0.15, 0.2) is 0 Å². The van der Waals surface area contributed by atoms with Crippen LogP contribution in [0.25, 0.3) is 0 Å². The summed E-state index contributed by atoms with van der Waals surface area (Å²) in [6.45, 7) is 9.63. The Hall–Kier alpha value is -0.550. The summed E-state index contributed by atoms with van der Waals surface area (Å²) in [5.41, 5.74) is 0. The third kappa shape index (κ3) is 3.72. The molecule has 0 unspecified atom stereocenters. The van der Waals surface area contributed by atoms with Gasteiger partial charge >= 0.3 is 7.82 Å². The van der Waals surface area contributed by atoms with Gasteiger partial charge in [-0.2, -0.15) is 0 Å². The Kier molecular flexibility index (Phi) is 6.15. The maximum Gasteiger partial charge on any atom is 0.478 e. The lowest BCUT2D eigenvalue weighted by molar-refractivity contribution is -0.0500. The highest BCUT2D eigenvalue weighted by atomic mass is 31.2. The number of hydrogen-bond donors (Lipinski definition) is 0. The van der Waals surface area contributed by atoms with Gasteiger partial charge in [0, 0.05) is 25.5 Å². The maximum absolute atomic E-state index is 12.3. The van der Waals surface area contributed by atoms with E-state index in [9.17, 15) is 4.57 Å². The SMILES string of the molecule is CCOP(=O)(OCC)OC1N(CC)C=CN1CC. The standard InChI is InChI=1S/C11H23N2O4P/c1-5-12-9-10-13(6-2)11(12)17-18(14,15-7-3)16-8-4/h9-11H,5-8H2,1-4H3. The summed E-state index contributed by atoms with van der Waals surface area (Å²) in [7, 11) is -3.49. The van der Waals surface area contributed by atoms with Crippen LogP contribution in [-0.2, 0) is 18.1 Å². The van der Waals surface area contributed by atoms with Crippen LogP contribution in [0.1, 0.15) is 27.7 Å². The van der Waals surface area contributed by atoms with Crippen molar-refractivity contribution in [1.82, 2.24) is 9.80 Å². The Morgan fingerprint density at radius 1 is 1.00 bits per heavy atom. The maximum atomic E-state index is 12.3. The molecule has 0 amide bonds. The van der Waals surface area contributed by atoms with Gasteiger partial charge in [-0.15, -0.1) is 0 Å². The highest BCUT2D eigenvalue weighted by Gasteiger charge is 2.36. The van der Waals surface area contributed by atoms with Gasteiger partial charge in [-0.25, -0.2) is 9.09 Å². The van der Waals surface area contributed by atoms with E-state index < -0.39 is 14.2 Å². The fourth-order valence-electron chi connectivity index (χ4n) is 1.68. The van der Waals surface area contributed by atoms with E-state index in [1.54, 1.807) is 13.8 Å². The Morgan fingerprint density at radius 3 is 1.78 bits per heavy atom. The summed E-state index contributed by atoms with van der Waals surface area (Å²) in [4.78, 5) is 3.88. The molecule has 0 aromatic heterocycles. The molecular formula is C11H23N2O4P. The van der Waals surface area contributed by atoms with Crippen molar-refractivity contribution in [2.24, 2.45) is 0 Å². The van der Waals surface area contributed by atoms with Crippen LogP contribution in [0.15, 0.2) is 12.4 Å². The van der Waals surface area contributed by atoms with Crippen LogP contribution in [0.2, 0.25) is 0 Å². The van der Waals surface area contributed by atoms with Gasteiger partial charge in [-0.3, -0.25) is 9.05 Å². The van der Waals surface area contributed by atoms with Crippen LogP contribution in [0.4, 0.5) is 0 Å². The number of rotatable bonds is 8. The molecule has 6 nitrogen and oxygen atoms in total. The van der Waals surface area contributed by atoms with Gasteiger partial charge in [-0.1, -0.05) is 0 Å². The van der Waals surface area contributed by atoms with Crippen molar-refractivity contribution in [3.63, 3.8) is 0 Å². The molecule has 0 bridgehead atoms. The van der Waals surface area contributed by atoms with Gasteiger partial charge in [0.1, 0.15) is 0 Å². The molecule has 0 aromatic carbocycles. The minimum absolute atomic E-state index is 0.287. The first-order chi connectivity index (χ1) is 8.60. The molecule has 7 heteroatoms. The van der Waals surface area contributed by atoms with Crippen molar-refractivity contribution < 1.29 is 18.1 Å². The fraction of sp³-hybridized carbons (Fsp3) is 0.818. The van der Waals surface area contributed by atoms with Crippen molar-refractivity contribution >= 4 is 7.82 Å². The summed E-state index contributed by atoms with van der Waals surface area (Å²) < 4.78 is 28.2. The van der Waals surface area contributed by atoms with Gasteiger partial charge in [0.05, 0.1) is 13.2 Å². The number of phosphoric acid groups is 1. The molecule has 0 saturated carbocycles. The molecule has 0 saturated heterocycles. The van der Waals surface area contributed by atoms with Crippen molar-refractivity contribution in [2.45, 2.75) is 34.0 Å². The average Bonchev–Trinajstić information content (AvgIpc) is 2.71. The monoisotopic (exact) mass is 278 g/mol. The van der Waals surface area contributed by atoms with Crippen molar-refractivity contribution in [1.29, 1.82) is 0 Å². The molecular weight excluding hydrogens is 255 g/mol. The molecule has 0 aliphatic carbocycles. The minimum atomic E-state index is -3.49. The molecule has 0 radical (unpaired) electrons. The first-order valence-electron chi connectivity index (χ1n) is 6.37. The van der Waals surface area contributed by atoms with Gasteiger partial charge < -0.3 is 9.80 Å². The second kappa shape index (κ2) is 7.14. The zero-order chi connectivity index (χ0) is 13.6. The van der Waals surface area contributed by atoms with E-state index in [1.165, 1.54) is 0 Å². The van der Waals surface area contributed by atoms with E-state index in [1.807, 2.05) is 36.0 Å². The zero-order valence-electron chi connectivity index (χ0n) is 11.5. The van der Waals surface area contributed by atoms with Crippen LogP contribution >= 0.6 is 7.82 Å². The lowest BCUT2D eigenvalue weighted by Crippen LogP contribution is -2.40. The molecule has 1 aliphatic rings. The van der Waals surface area contributed by atoms with Crippen molar-refractivity contribution in [2.75, 3.05) is 26.3 Å². The molecule has 0 atom stereocenters. The van der Waals surface area contributed by atoms with Crippen LogP contribution < -0.4 is 0 Å². The summed E-state index contributed by atoms with van der Waals surface area (Å²) in [6, 6.07) is 0. The number of phosphoric ester groups is 1. The fourth-order valence-corrected chi connectivity index (χ4v) is 2.98. The lowest BCUT2D eigenvalue weighted by Gasteiger charge is -2.32. The first-order valence-corrected chi connectivity index (χ1v) is 7.83. The van der Waals surface area contributed by atoms with Crippen LogP contribution in [0, 0.1) is 0 Å². The highest BCUT2D eigenvalue weighted by molar-refractivity contribution is 7.48. The first kappa shape index (κ1) is 15.5. The zero-order valence-corrected chi connectivity index (χ0v) is 12.4. The molecule has 0 spiro atoms. The second-order valence-electron chi connectivity index (χ2n) is 3.67. The summed E-state index contributed by atoms with van der Waals surface area (Å²) in [6.07, 6.45) is 3.40. The van der Waals surface area contributed by atoms with E-state index in [0.717, 1.165) is 13.1 Å². The van der Waals surface area contributed by atoms with E-state index in [4.69, 9.17) is 13.6 Å². The average molecular weight is 278 g/mol. The van der Waals surface area contributed by atoms with Crippen molar-refractivity contribution in [3.8, 4) is 0 Å². The van der Waals surface area contributed by atoms with Gasteiger partial charge in [-0.05, 0) is 27.7 Å². The van der Waals surface area contributed by atoms with Crippen molar-refractivity contribution in [3.05, 3.63) is 12.4 Å². The lowest BCUT2D eigenvalue weighted by atomic mass is 10.6. The Labute approximate surface area is 109 Å². The molecule has 106 valence electrons. The third-order valence-electron chi connectivity index (χ3n) is 2.55. The second-order valence-corrected chi connectivity index (χ2v) is 5.30. The molecule has 1 aliphatic heterocycles. The quantitative estimate of drug-likeness (QED) is 0.636. The predicted molar refractivity (Wildman–Crippen MR) is 69.6 cm³/mol. The smallest absolute Gasteiger partial charge is 0.334 e. The molecule has 1 heterocycles. The number of nitrogens with zero attached hydrogens (tertiary/aromatic N) is 2. The van der Waals surface area contributed by atoms with Gasteiger partial charge in [0.25, 0.3) is 0 Å². The minimum Gasteiger partial charge on any atom is -0.334 e. The third-order valence-corrected chi connectivity index (χ3v) is 4.14. The summed E-state index contributed by atoms with van der Waals surface area (Å²) in [5.74, 6) is 0. The summed E-state index contributed by atoms with van der Waals surface area (Å²) >= 11 is 0. The van der Waals surface area contributed by atoms with E-state index >= 15 is 0 Å². The largest absolute Gasteiger partial charge is 0.478 e. The molecule has 0 aromatic rings. The summed E-state index contributed by atoms with van der Waals surface area (Å²) in [5, 5.41) is 0. The van der Waals surface area contributed by atoms with Crippen LogP contribution in [-0.4, -0.2) is 42.5 Å². The Morgan fingerprint density at radius 2 is 1.44 bits per heavy atom. The van der Waals surface area contributed by atoms with E-state index in [0.29, 0.717) is 0 Å². The molecule has 18 heavy (non-hydrogen) atoms. The van der Waals surface area contributed by atoms with Crippen LogP contribution in [0.5, 0.6) is 0 Å². The normalized spacial score (nSPS) is 16.9. The van der Waals surface area contributed by atoms with Gasteiger partial charge in [0.2, 0.25) is 6.35 Å². The molecule has 1 rings (SSSR count). The van der Waals surface area contributed by atoms with E-state index in [2.05, 4.69) is 0 Å². The molecule has 0 N–H and O–H groups in total.